The molecule has 0 saturated carbocycles. The number of benzene rings is 1. The summed E-state index contributed by atoms with van der Waals surface area (Å²) in [6.45, 7) is 4.24. The molecule has 1 aromatic rings. The number of hydrogen-bond donors (Lipinski definition) is 0. The van der Waals surface area contributed by atoms with E-state index in [1.807, 2.05) is 44.2 Å². The first kappa shape index (κ1) is 13.8. The molecule has 0 unspecified atom stereocenters. The fraction of sp³-hybridized carbons (Fsp3) is 0.385. The first-order valence-electron chi connectivity index (χ1n) is 5.67. The maximum Gasteiger partial charge on any atom is 0.236 e. The number of rotatable bonds is 6. The number of nitrogens with zero attached hydrogens (tertiary/aromatic N) is 1. The van der Waals surface area contributed by atoms with Gasteiger partial charge in [-0.05, 0) is 17.7 Å². The summed E-state index contributed by atoms with van der Waals surface area (Å²) in [5, 5.41) is 3.91. The van der Waals surface area contributed by atoms with Crippen LogP contribution in [0.15, 0.2) is 35.5 Å². The zero-order chi connectivity index (χ0) is 12.5. The molecular weight excluding hydrogens is 234 g/mol. The summed E-state index contributed by atoms with van der Waals surface area (Å²) in [5.74, 6) is 0.760. The Morgan fingerprint density at radius 3 is 2.59 bits per heavy atom. The monoisotopic (exact) mass is 251 g/mol. The van der Waals surface area contributed by atoms with E-state index in [0.717, 1.165) is 11.3 Å². The molecule has 17 heavy (non-hydrogen) atoms. The molecule has 0 heterocycles. The van der Waals surface area contributed by atoms with E-state index in [-0.39, 0.29) is 5.12 Å². The molecule has 0 N–H and O–H groups in total. The van der Waals surface area contributed by atoms with Crippen LogP contribution in [0.2, 0.25) is 0 Å². The molecule has 0 aliphatic carbocycles. The average molecular weight is 251 g/mol. The van der Waals surface area contributed by atoms with Crippen molar-refractivity contribution in [2.75, 3.05) is 5.75 Å². The van der Waals surface area contributed by atoms with Crippen LogP contribution < -0.4 is 0 Å². The SMILES string of the molecule is CCSC(=O)/C(CC)=N\OCc1ccccc1. The van der Waals surface area contributed by atoms with E-state index >= 15 is 0 Å². The second-order valence-corrected chi connectivity index (χ2v) is 4.61. The van der Waals surface area contributed by atoms with Crippen molar-refractivity contribution in [2.45, 2.75) is 26.9 Å². The Morgan fingerprint density at radius 2 is 2.00 bits per heavy atom. The minimum absolute atomic E-state index is 0.00283. The molecule has 4 heteroatoms. The molecule has 0 radical (unpaired) electrons. The lowest BCUT2D eigenvalue weighted by Crippen LogP contribution is -2.10. The quantitative estimate of drug-likeness (QED) is 0.575. The Bertz CT molecular complexity index is 376. The smallest absolute Gasteiger partial charge is 0.236 e. The van der Waals surface area contributed by atoms with Gasteiger partial charge in [0.2, 0.25) is 5.12 Å². The standard InChI is InChI=1S/C13H17NO2S/c1-3-12(13(15)17-4-2)14-16-10-11-8-6-5-7-9-11/h5-9H,3-4,10H2,1-2H3/b14-12-. The van der Waals surface area contributed by atoms with Crippen LogP contribution in [0, 0.1) is 0 Å². The molecule has 92 valence electrons. The summed E-state index contributed by atoms with van der Waals surface area (Å²) < 4.78 is 0. The van der Waals surface area contributed by atoms with Gasteiger partial charge in [0.25, 0.3) is 0 Å². The van der Waals surface area contributed by atoms with Crippen molar-refractivity contribution >= 4 is 22.6 Å². The van der Waals surface area contributed by atoms with E-state index in [1.54, 1.807) is 0 Å². The van der Waals surface area contributed by atoms with E-state index in [0.29, 0.717) is 18.7 Å². The molecule has 3 nitrogen and oxygen atoms in total. The van der Waals surface area contributed by atoms with Crippen molar-refractivity contribution < 1.29 is 9.63 Å². The highest BCUT2D eigenvalue weighted by atomic mass is 32.2. The molecule has 0 aliphatic rings. The van der Waals surface area contributed by atoms with Crippen LogP contribution in [0.5, 0.6) is 0 Å². The van der Waals surface area contributed by atoms with E-state index in [1.165, 1.54) is 11.8 Å². The van der Waals surface area contributed by atoms with E-state index in [9.17, 15) is 4.79 Å². The average Bonchev–Trinajstić information content (AvgIpc) is 2.36. The lowest BCUT2D eigenvalue weighted by molar-refractivity contribution is -0.105. The lowest BCUT2D eigenvalue weighted by atomic mass is 10.2. The lowest BCUT2D eigenvalue weighted by Gasteiger charge is -2.03. The van der Waals surface area contributed by atoms with Gasteiger partial charge in [-0.25, -0.2) is 0 Å². The van der Waals surface area contributed by atoms with Crippen molar-refractivity contribution in [3.05, 3.63) is 35.9 Å². The van der Waals surface area contributed by atoms with Crippen LogP contribution >= 0.6 is 11.8 Å². The van der Waals surface area contributed by atoms with Crippen molar-refractivity contribution in [1.29, 1.82) is 0 Å². The molecule has 0 atom stereocenters. The maximum atomic E-state index is 11.6. The molecule has 0 aromatic heterocycles. The molecule has 0 bridgehead atoms. The topological polar surface area (TPSA) is 38.7 Å². The number of carbonyl (C=O) groups is 1. The fourth-order valence-corrected chi connectivity index (χ4v) is 1.83. The van der Waals surface area contributed by atoms with Crippen molar-refractivity contribution in [3.8, 4) is 0 Å². The fourth-order valence-electron chi connectivity index (χ4n) is 1.22. The normalized spacial score (nSPS) is 11.3. The highest BCUT2D eigenvalue weighted by Gasteiger charge is 2.09. The third-order valence-corrected chi connectivity index (χ3v) is 2.88. The molecule has 1 aromatic carbocycles. The first-order valence-corrected chi connectivity index (χ1v) is 6.66. The Morgan fingerprint density at radius 1 is 1.29 bits per heavy atom. The molecule has 0 aliphatic heterocycles. The summed E-state index contributed by atoms with van der Waals surface area (Å²) >= 11 is 1.26. The second kappa shape index (κ2) is 7.90. The van der Waals surface area contributed by atoms with Crippen molar-refractivity contribution in [1.82, 2.24) is 0 Å². The Labute approximate surface area is 106 Å². The highest BCUT2D eigenvalue weighted by Crippen LogP contribution is 2.07. The molecule has 1 rings (SSSR count). The molecule has 0 saturated heterocycles. The molecular formula is C13H17NO2S. The van der Waals surface area contributed by atoms with Gasteiger partial charge in [0.15, 0.2) is 0 Å². The van der Waals surface area contributed by atoms with Crippen LogP contribution in [0.3, 0.4) is 0 Å². The molecule has 0 amide bonds. The van der Waals surface area contributed by atoms with Gasteiger partial charge in [-0.15, -0.1) is 0 Å². The third-order valence-electron chi connectivity index (χ3n) is 2.09. The second-order valence-electron chi connectivity index (χ2n) is 3.37. The highest BCUT2D eigenvalue weighted by molar-refractivity contribution is 8.15. The summed E-state index contributed by atoms with van der Waals surface area (Å²) in [6, 6.07) is 9.77. The molecule has 0 spiro atoms. The van der Waals surface area contributed by atoms with E-state index in [4.69, 9.17) is 4.84 Å². The van der Waals surface area contributed by atoms with Gasteiger partial charge >= 0.3 is 0 Å². The zero-order valence-corrected chi connectivity index (χ0v) is 11.0. The van der Waals surface area contributed by atoms with Crippen LogP contribution in [-0.4, -0.2) is 16.6 Å². The van der Waals surface area contributed by atoms with Crippen LogP contribution in [0.4, 0.5) is 0 Å². The van der Waals surface area contributed by atoms with Crippen LogP contribution in [-0.2, 0) is 16.2 Å². The van der Waals surface area contributed by atoms with Crippen LogP contribution in [0.25, 0.3) is 0 Å². The van der Waals surface area contributed by atoms with Gasteiger partial charge in [0.05, 0.1) is 0 Å². The van der Waals surface area contributed by atoms with Gasteiger partial charge < -0.3 is 4.84 Å². The Hall–Kier alpha value is -1.29. The predicted octanol–water partition coefficient (Wildman–Crippen LogP) is 3.25. The van der Waals surface area contributed by atoms with Gasteiger partial charge in [-0.1, -0.05) is 61.1 Å². The predicted molar refractivity (Wildman–Crippen MR) is 72.1 cm³/mol. The maximum absolute atomic E-state index is 11.6. The summed E-state index contributed by atoms with van der Waals surface area (Å²) in [5.41, 5.74) is 1.54. The van der Waals surface area contributed by atoms with E-state index in [2.05, 4.69) is 5.16 Å². The largest absolute Gasteiger partial charge is 0.391 e. The Balaban J connectivity index is 2.48. The van der Waals surface area contributed by atoms with Gasteiger partial charge in [0, 0.05) is 0 Å². The Kier molecular flexibility index (Phi) is 6.40. The van der Waals surface area contributed by atoms with Gasteiger partial charge in [-0.3, -0.25) is 4.79 Å². The first-order chi connectivity index (χ1) is 8.27. The van der Waals surface area contributed by atoms with Gasteiger partial charge in [-0.2, -0.15) is 0 Å². The van der Waals surface area contributed by atoms with Gasteiger partial charge in [0.1, 0.15) is 12.3 Å². The van der Waals surface area contributed by atoms with E-state index < -0.39 is 0 Å². The van der Waals surface area contributed by atoms with Crippen LogP contribution in [0.1, 0.15) is 25.8 Å². The minimum atomic E-state index is 0.00283. The minimum Gasteiger partial charge on any atom is -0.391 e. The van der Waals surface area contributed by atoms with Crippen molar-refractivity contribution in [3.63, 3.8) is 0 Å². The summed E-state index contributed by atoms with van der Waals surface area (Å²) in [6.07, 6.45) is 0.598. The number of oxime groups is 1. The molecule has 0 fully saturated rings. The number of hydrogen-bond acceptors (Lipinski definition) is 4. The summed E-state index contributed by atoms with van der Waals surface area (Å²) in [4.78, 5) is 16.8. The third kappa shape index (κ3) is 5.04. The summed E-state index contributed by atoms with van der Waals surface area (Å²) in [7, 11) is 0. The zero-order valence-electron chi connectivity index (χ0n) is 10.2. The number of thioether (sulfide) groups is 1. The number of carbonyl (C=O) groups excluding carboxylic acids is 1. The van der Waals surface area contributed by atoms with Crippen molar-refractivity contribution in [2.24, 2.45) is 5.16 Å².